The Kier molecular flexibility index (Phi) is 3.38. The van der Waals surface area contributed by atoms with E-state index in [4.69, 9.17) is 0 Å². The second-order valence-corrected chi connectivity index (χ2v) is 5.97. The van der Waals surface area contributed by atoms with Crippen LogP contribution in [-0.4, -0.2) is 6.54 Å². The maximum Gasteiger partial charge on any atom is 0.123 e. The molecule has 1 aromatic rings. The lowest BCUT2D eigenvalue weighted by atomic mass is 9.89. The smallest absolute Gasteiger partial charge is 0.123 e. The van der Waals surface area contributed by atoms with Crippen molar-refractivity contribution in [2.45, 2.75) is 38.6 Å². The van der Waals surface area contributed by atoms with E-state index >= 15 is 0 Å². The van der Waals surface area contributed by atoms with Crippen molar-refractivity contribution in [1.82, 2.24) is 5.32 Å². The second kappa shape index (κ2) is 5.00. The third-order valence-corrected chi connectivity index (χ3v) is 4.57. The van der Waals surface area contributed by atoms with Crippen LogP contribution in [0, 0.1) is 23.6 Å². The molecular formula is C16H22FN. The van der Waals surface area contributed by atoms with Crippen LogP contribution in [0.2, 0.25) is 0 Å². The minimum absolute atomic E-state index is 0.112. The molecule has 0 aliphatic heterocycles. The van der Waals surface area contributed by atoms with Crippen molar-refractivity contribution < 1.29 is 4.39 Å². The molecule has 3 unspecified atom stereocenters. The van der Waals surface area contributed by atoms with Crippen LogP contribution < -0.4 is 5.32 Å². The van der Waals surface area contributed by atoms with Crippen molar-refractivity contribution in [3.63, 3.8) is 0 Å². The first kappa shape index (κ1) is 12.2. The van der Waals surface area contributed by atoms with Gasteiger partial charge in [0.2, 0.25) is 0 Å². The van der Waals surface area contributed by atoms with Gasteiger partial charge in [-0.05, 0) is 67.7 Å². The van der Waals surface area contributed by atoms with Crippen LogP contribution in [-0.2, 0) is 0 Å². The molecule has 2 heteroatoms. The van der Waals surface area contributed by atoms with Gasteiger partial charge in [0.1, 0.15) is 5.82 Å². The highest BCUT2D eigenvalue weighted by Gasteiger charge is 2.47. The molecule has 18 heavy (non-hydrogen) atoms. The van der Waals surface area contributed by atoms with Gasteiger partial charge >= 0.3 is 0 Å². The molecule has 0 heterocycles. The molecule has 0 saturated heterocycles. The molecule has 0 amide bonds. The third-order valence-electron chi connectivity index (χ3n) is 4.57. The summed E-state index contributed by atoms with van der Waals surface area (Å²) in [5.74, 6) is 2.56. The van der Waals surface area contributed by atoms with Gasteiger partial charge in [0.15, 0.2) is 0 Å². The van der Waals surface area contributed by atoms with Gasteiger partial charge in [0.25, 0.3) is 0 Å². The summed E-state index contributed by atoms with van der Waals surface area (Å²) in [6, 6.07) is 7.50. The summed E-state index contributed by atoms with van der Waals surface area (Å²) in [6.07, 6.45) is 5.25. The Hall–Kier alpha value is -0.890. The van der Waals surface area contributed by atoms with Gasteiger partial charge in [-0.15, -0.1) is 0 Å². The largest absolute Gasteiger partial charge is 0.310 e. The first-order valence-corrected chi connectivity index (χ1v) is 7.26. The molecular weight excluding hydrogens is 225 g/mol. The second-order valence-electron chi connectivity index (χ2n) is 5.97. The number of halogens is 1. The van der Waals surface area contributed by atoms with Crippen molar-refractivity contribution in [1.29, 1.82) is 0 Å². The van der Waals surface area contributed by atoms with Crippen LogP contribution in [0.4, 0.5) is 4.39 Å². The zero-order valence-corrected chi connectivity index (χ0v) is 11.0. The summed E-state index contributed by atoms with van der Waals surface area (Å²) in [4.78, 5) is 0. The highest BCUT2D eigenvalue weighted by molar-refractivity contribution is 5.22. The van der Waals surface area contributed by atoms with Gasteiger partial charge in [-0.3, -0.25) is 0 Å². The van der Waals surface area contributed by atoms with Crippen molar-refractivity contribution >= 4 is 0 Å². The summed E-state index contributed by atoms with van der Waals surface area (Å²) in [7, 11) is 0. The maximum atomic E-state index is 13.4. The predicted molar refractivity (Wildman–Crippen MR) is 71.8 cm³/mol. The van der Waals surface area contributed by atoms with Crippen molar-refractivity contribution in [3.8, 4) is 0 Å². The van der Waals surface area contributed by atoms with Gasteiger partial charge in [-0.1, -0.05) is 19.1 Å². The zero-order chi connectivity index (χ0) is 12.5. The number of nitrogens with one attached hydrogen (secondary N) is 1. The molecule has 2 aliphatic rings. The Morgan fingerprint density at radius 3 is 2.72 bits per heavy atom. The maximum absolute atomic E-state index is 13.4. The molecule has 3 atom stereocenters. The van der Waals surface area contributed by atoms with Gasteiger partial charge in [-0.2, -0.15) is 0 Å². The fourth-order valence-electron chi connectivity index (χ4n) is 3.59. The van der Waals surface area contributed by atoms with Gasteiger partial charge in [-0.25, -0.2) is 4.39 Å². The SMILES string of the molecule is CCCNC(c1cccc(F)c1)C1CC2CC2C1. The number of benzene rings is 1. The van der Waals surface area contributed by atoms with Crippen LogP contribution in [0.3, 0.4) is 0 Å². The minimum Gasteiger partial charge on any atom is -0.310 e. The molecule has 0 bridgehead atoms. The summed E-state index contributed by atoms with van der Waals surface area (Å²) >= 11 is 0. The van der Waals surface area contributed by atoms with E-state index in [2.05, 4.69) is 18.3 Å². The van der Waals surface area contributed by atoms with E-state index in [9.17, 15) is 4.39 Å². The monoisotopic (exact) mass is 247 g/mol. The molecule has 3 rings (SSSR count). The van der Waals surface area contributed by atoms with E-state index in [0.717, 1.165) is 30.4 Å². The predicted octanol–water partition coefficient (Wildman–Crippen LogP) is 3.91. The quantitative estimate of drug-likeness (QED) is 0.831. The molecule has 98 valence electrons. The fraction of sp³-hybridized carbons (Fsp3) is 0.625. The molecule has 0 radical (unpaired) electrons. The van der Waals surface area contributed by atoms with Crippen LogP contribution in [0.1, 0.15) is 44.2 Å². The van der Waals surface area contributed by atoms with Crippen LogP contribution in [0.5, 0.6) is 0 Å². The topological polar surface area (TPSA) is 12.0 Å². The molecule has 2 fully saturated rings. The van der Waals surface area contributed by atoms with Gasteiger partial charge in [0, 0.05) is 6.04 Å². The van der Waals surface area contributed by atoms with E-state index in [0.29, 0.717) is 12.0 Å². The lowest BCUT2D eigenvalue weighted by Crippen LogP contribution is -2.28. The number of fused-ring (bicyclic) bond motifs is 1. The highest BCUT2D eigenvalue weighted by atomic mass is 19.1. The Labute approximate surface area is 109 Å². The molecule has 0 spiro atoms. The van der Waals surface area contributed by atoms with Crippen LogP contribution in [0.25, 0.3) is 0 Å². The number of hydrogen-bond donors (Lipinski definition) is 1. The van der Waals surface area contributed by atoms with Crippen LogP contribution >= 0.6 is 0 Å². The zero-order valence-electron chi connectivity index (χ0n) is 11.0. The van der Waals surface area contributed by atoms with E-state index in [1.54, 1.807) is 6.07 Å². The van der Waals surface area contributed by atoms with E-state index in [1.165, 1.54) is 25.3 Å². The van der Waals surface area contributed by atoms with E-state index in [-0.39, 0.29) is 5.82 Å². The molecule has 2 saturated carbocycles. The lowest BCUT2D eigenvalue weighted by molar-refractivity contribution is 0.341. The Morgan fingerprint density at radius 1 is 1.28 bits per heavy atom. The summed E-state index contributed by atoms with van der Waals surface area (Å²) in [5.41, 5.74) is 1.13. The van der Waals surface area contributed by atoms with Gasteiger partial charge in [0.05, 0.1) is 0 Å². The van der Waals surface area contributed by atoms with Crippen LogP contribution in [0.15, 0.2) is 24.3 Å². The molecule has 1 aromatic carbocycles. The average molecular weight is 247 g/mol. The minimum atomic E-state index is -0.112. The number of hydrogen-bond acceptors (Lipinski definition) is 1. The first-order chi connectivity index (χ1) is 8.78. The van der Waals surface area contributed by atoms with E-state index < -0.39 is 0 Å². The Morgan fingerprint density at radius 2 is 2.06 bits per heavy atom. The highest BCUT2D eigenvalue weighted by Crippen LogP contribution is 2.57. The third kappa shape index (κ3) is 2.44. The van der Waals surface area contributed by atoms with Crippen molar-refractivity contribution in [3.05, 3.63) is 35.6 Å². The summed E-state index contributed by atoms with van der Waals surface area (Å²) < 4.78 is 13.4. The lowest BCUT2D eigenvalue weighted by Gasteiger charge is -2.26. The molecule has 1 N–H and O–H groups in total. The Bertz CT molecular complexity index is 407. The summed E-state index contributed by atoms with van der Waals surface area (Å²) in [5, 5.41) is 3.63. The van der Waals surface area contributed by atoms with Crippen molar-refractivity contribution in [2.24, 2.45) is 17.8 Å². The molecule has 1 nitrogen and oxygen atoms in total. The normalized spacial score (nSPS) is 31.1. The van der Waals surface area contributed by atoms with Crippen molar-refractivity contribution in [2.75, 3.05) is 6.54 Å². The first-order valence-electron chi connectivity index (χ1n) is 7.26. The standard InChI is InChI=1S/C16H22FN/c1-2-6-18-16(11-4-3-5-15(17)10-11)14-8-12-7-13(12)9-14/h3-5,10,12-14,16,18H,2,6-9H2,1H3. The Balaban J connectivity index is 1.76. The van der Waals surface area contributed by atoms with Gasteiger partial charge < -0.3 is 5.32 Å². The summed E-state index contributed by atoms with van der Waals surface area (Å²) in [6.45, 7) is 3.20. The van der Waals surface area contributed by atoms with E-state index in [1.807, 2.05) is 6.07 Å². The average Bonchev–Trinajstić information content (AvgIpc) is 2.97. The molecule has 2 aliphatic carbocycles. The number of rotatable bonds is 5. The molecule has 0 aromatic heterocycles. The fourth-order valence-corrected chi connectivity index (χ4v) is 3.59.